The first-order valence-electron chi connectivity index (χ1n) is 6.07. The number of thioether (sulfide) groups is 1. The fraction of sp³-hybridized carbons (Fsp3) is 0.333. The van der Waals surface area contributed by atoms with E-state index in [0.717, 1.165) is 12.1 Å². The van der Waals surface area contributed by atoms with Crippen molar-refractivity contribution in [2.45, 2.75) is 18.1 Å². The first-order chi connectivity index (χ1) is 9.97. The first kappa shape index (κ1) is 15.4. The van der Waals surface area contributed by atoms with Gasteiger partial charge in [-0.15, -0.1) is 5.10 Å². The van der Waals surface area contributed by atoms with Crippen LogP contribution in [0.4, 0.5) is 8.78 Å². The number of nitrogens with one attached hydrogen (secondary N) is 1. The SMILES string of the molecule is CC(NC(=O)CSc1nnnn1C)c1ccc(F)cc1F. The van der Waals surface area contributed by atoms with E-state index in [1.165, 1.54) is 22.5 Å². The first-order valence-corrected chi connectivity index (χ1v) is 7.05. The molecule has 1 aromatic carbocycles. The van der Waals surface area contributed by atoms with Gasteiger partial charge in [-0.05, 0) is 23.4 Å². The van der Waals surface area contributed by atoms with Crippen LogP contribution in [0.5, 0.6) is 0 Å². The number of benzene rings is 1. The number of aryl methyl sites for hydroxylation is 1. The Bertz CT molecular complexity index is 648. The third-order valence-electron chi connectivity index (χ3n) is 2.72. The third kappa shape index (κ3) is 3.97. The molecular weight excluding hydrogens is 300 g/mol. The summed E-state index contributed by atoms with van der Waals surface area (Å²) in [5, 5.41) is 14.0. The fourth-order valence-electron chi connectivity index (χ4n) is 1.69. The highest BCUT2D eigenvalue weighted by molar-refractivity contribution is 7.99. The van der Waals surface area contributed by atoms with Crippen LogP contribution in [-0.4, -0.2) is 31.9 Å². The van der Waals surface area contributed by atoms with E-state index in [9.17, 15) is 13.6 Å². The van der Waals surface area contributed by atoms with Crippen molar-refractivity contribution < 1.29 is 13.6 Å². The second-order valence-corrected chi connectivity index (χ2v) is 5.27. The van der Waals surface area contributed by atoms with Crippen LogP contribution >= 0.6 is 11.8 Å². The van der Waals surface area contributed by atoms with Crippen molar-refractivity contribution in [3.63, 3.8) is 0 Å². The van der Waals surface area contributed by atoms with Crippen molar-refractivity contribution in [1.29, 1.82) is 0 Å². The number of hydrogen-bond donors (Lipinski definition) is 1. The molecule has 0 fully saturated rings. The van der Waals surface area contributed by atoms with Gasteiger partial charge < -0.3 is 5.32 Å². The quantitative estimate of drug-likeness (QED) is 0.846. The van der Waals surface area contributed by atoms with Crippen LogP contribution in [0.2, 0.25) is 0 Å². The van der Waals surface area contributed by atoms with Crippen LogP contribution in [0.15, 0.2) is 23.4 Å². The summed E-state index contributed by atoms with van der Waals surface area (Å²) in [7, 11) is 1.66. The second-order valence-electron chi connectivity index (χ2n) is 4.33. The third-order valence-corrected chi connectivity index (χ3v) is 3.73. The molecule has 1 N–H and O–H groups in total. The van der Waals surface area contributed by atoms with Crippen molar-refractivity contribution in [3.8, 4) is 0 Å². The van der Waals surface area contributed by atoms with E-state index >= 15 is 0 Å². The zero-order valence-electron chi connectivity index (χ0n) is 11.4. The molecule has 0 spiro atoms. The van der Waals surface area contributed by atoms with Gasteiger partial charge in [-0.2, -0.15) is 0 Å². The largest absolute Gasteiger partial charge is 0.349 e. The Morgan fingerprint density at radius 2 is 2.24 bits per heavy atom. The van der Waals surface area contributed by atoms with Crippen molar-refractivity contribution in [1.82, 2.24) is 25.5 Å². The normalized spacial score (nSPS) is 12.2. The monoisotopic (exact) mass is 313 g/mol. The van der Waals surface area contributed by atoms with Crippen molar-refractivity contribution in [3.05, 3.63) is 35.4 Å². The maximum atomic E-state index is 13.6. The van der Waals surface area contributed by atoms with Crippen LogP contribution in [0.3, 0.4) is 0 Å². The van der Waals surface area contributed by atoms with Gasteiger partial charge in [0.05, 0.1) is 11.8 Å². The van der Waals surface area contributed by atoms with Gasteiger partial charge in [0.2, 0.25) is 11.1 Å². The molecule has 1 heterocycles. The zero-order chi connectivity index (χ0) is 15.4. The molecule has 6 nitrogen and oxygen atoms in total. The molecule has 2 aromatic rings. The lowest BCUT2D eigenvalue weighted by molar-refractivity contribution is -0.119. The Labute approximate surface area is 123 Å². The Morgan fingerprint density at radius 3 is 2.86 bits per heavy atom. The predicted octanol–water partition coefficient (Wildman–Crippen LogP) is 1.46. The van der Waals surface area contributed by atoms with E-state index < -0.39 is 17.7 Å². The van der Waals surface area contributed by atoms with Gasteiger partial charge in [-0.1, -0.05) is 17.8 Å². The summed E-state index contributed by atoms with van der Waals surface area (Å²) in [6.45, 7) is 1.63. The number of aromatic nitrogens is 4. The molecule has 0 aliphatic rings. The highest BCUT2D eigenvalue weighted by Gasteiger charge is 2.15. The second kappa shape index (κ2) is 6.61. The molecule has 0 radical (unpaired) electrons. The van der Waals surface area contributed by atoms with Crippen molar-refractivity contribution >= 4 is 17.7 Å². The lowest BCUT2D eigenvalue weighted by atomic mass is 10.1. The lowest BCUT2D eigenvalue weighted by Crippen LogP contribution is -2.28. The summed E-state index contributed by atoms with van der Waals surface area (Å²) < 4.78 is 27.9. The zero-order valence-corrected chi connectivity index (χ0v) is 12.2. The summed E-state index contributed by atoms with van der Waals surface area (Å²) in [5.74, 6) is -1.53. The van der Waals surface area contributed by atoms with E-state index in [2.05, 4.69) is 20.8 Å². The summed E-state index contributed by atoms with van der Waals surface area (Å²) >= 11 is 1.17. The highest BCUT2D eigenvalue weighted by Crippen LogP contribution is 2.18. The van der Waals surface area contributed by atoms with Gasteiger partial charge >= 0.3 is 0 Å². The number of nitrogens with zero attached hydrogens (tertiary/aromatic N) is 4. The molecule has 0 saturated heterocycles. The molecule has 0 saturated carbocycles. The van der Waals surface area contributed by atoms with E-state index in [1.807, 2.05) is 0 Å². The Hall–Kier alpha value is -2.03. The topological polar surface area (TPSA) is 72.7 Å². The molecule has 0 aliphatic heterocycles. The molecule has 1 amide bonds. The van der Waals surface area contributed by atoms with Crippen molar-refractivity contribution in [2.24, 2.45) is 7.05 Å². The number of hydrogen-bond acceptors (Lipinski definition) is 5. The smallest absolute Gasteiger partial charge is 0.230 e. The molecular formula is C12H13F2N5OS. The van der Waals surface area contributed by atoms with E-state index in [-0.39, 0.29) is 17.2 Å². The van der Waals surface area contributed by atoms with Gasteiger partial charge in [0.1, 0.15) is 11.6 Å². The standard InChI is InChI=1S/C12H13F2N5OS/c1-7(9-4-3-8(13)5-10(9)14)15-11(20)6-21-12-16-17-18-19(12)2/h3-5,7H,6H2,1-2H3,(H,15,20). The average molecular weight is 313 g/mol. The molecule has 1 atom stereocenters. The van der Waals surface area contributed by atoms with Gasteiger partial charge in [0.25, 0.3) is 0 Å². The number of rotatable bonds is 5. The fourth-order valence-corrected chi connectivity index (χ4v) is 2.35. The Kier molecular flexibility index (Phi) is 4.84. The van der Waals surface area contributed by atoms with Crippen LogP contribution in [0, 0.1) is 11.6 Å². The molecule has 9 heteroatoms. The van der Waals surface area contributed by atoms with Crippen LogP contribution in [-0.2, 0) is 11.8 Å². The average Bonchev–Trinajstić information content (AvgIpc) is 2.81. The summed E-state index contributed by atoms with van der Waals surface area (Å²) in [5.41, 5.74) is 0.232. The number of halogens is 2. The number of amides is 1. The maximum absolute atomic E-state index is 13.6. The molecule has 1 aromatic heterocycles. The lowest BCUT2D eigenvalue weighted by Gasteiger charge is -2.14. The van der Waals surface area contributed by atoms with Crippen LogP contribution < -0.4 is 5.32 Å². The Morgan fingerprint density at radius 1 is 1.48 bits per heavy atom. The van der Waals surface area contributed by atoms with Gasteiger partial charge in [-0.25, -0.2) is 13.5 Å². The minimum atomic E-state index is -0.687. The molecule has 0 bridgehead atoms. The molecule has 1 unspecified atom stereocenters. The van der Waals surface area contributed by atoms with Crippen LogP contribution in [0.25, 0.3) is 0 Å². The summed E-state index contributed by atoms with van der Waals surface area (Å²) in [6, 6.07) is 2.70. The number of carbonyl (C=O) groups is 1. The maximum Gasteiger partial charge on any atom is 0.230 e. The van der Waals surface area contributed by atoms with Gasteiger partial charge in [0, 0.05) is 18.7 Å². The Balaban J connectivity index is 1.91. The number of carbonyl (C=O) groups excluding carboxylic acids is 1. The van der Waals surface area contributed by atoms with E-state index in [4.69, 9.17) is 0 Å². The molecule has 0 aliphatic carbocycles. The molecule has 112 valence electrons. The molecule has 2 rings (SSSR count). The van der Waals surface area contributed by atoms with Gasteiger partial charge in [-0.3, -0.25) is 4.79 Å². The van der Waals surface area contributed by atoms with E-state index in [0.29, 0.717) is 5.16 Å². The minimum absolute atomic E-state index is 0.0986. The molecule has 21 heavy (non-hydrogen) atoms. The van der Waals surface area contributed by atoms with Gasteiger partial charge in [0.15, 0.2) is 0 Å². The predicted molar refractivity (Wildman–Crippen MR) is 72.4 cm³/mol. The number of tetrazole rings is 1. The summed E-state index contributed by atoms with van der Waals surface area (Å²) in [6.07, 6.45) is 0. The summed E-state index contributed by atoms with van der Waals surface area (Å²) in [4.78, 5) is 11.8. The van der Waals surface area contributed by atoms with E-state index in [1.54, 1.807) is 14.0 Å². The minimum Gasteiger partial charge on any atom is -0.349 e. The highest BCUT2D eigenvalue weighted by atomic mass is 32.2. The van der Waals surface area contributed by atoms with Crippen molar-refractivity contribution in [2.75, 3.05) is 5.75 Å². The van der Waals surface area contributed by atoms with Crippen LogP contribution in [0.1, 0.15) is 18.5 Å².